The van der Waals surface area contributed by atoms with Gasteiger partial charge in [0.1, 0.15) is 11.5 Å². The van der Waals surface area contributed by atoms with Gasteiger partial charge in [0.05, 0.1) is 12.0 Å². The van der Waals surface area contributed by atoms with Crippen LogP contribution in [0.2, 0.25) is 0 Å². The molecule has 0 saturated heterocycles. The van der Waals surface area contributed by atoms with E-state index in [4.69, 9.17) is 17.0 Å². The van der Waals surface area contributed by atoms with E-state index >= 15 is 0 Å². The molecule has 2 aromatic rings. The summed E-state index contributed by atoms with van der Waals surface area (Å²) in [6.07, 6.45) is 0. The molecule has 0 heterocycles. The molecule has 0 aliphatic rings. The second-order valence-corrected chi connectivity index (χ2v) is 5.02. The summed E-state index contributed by atoms with van der Waals surface area (Å²) in [5, 5.41) is 26.7. The summed E-state index contributed by atoms with van der Waals surface area (Å²) in [7, 11) is 1.57. The zero-order valence-electron chi connectivity index (χ0n) is 12.3. The summed E-state index contributed by atoms with van der Waals surface area (Å²) in [5.41, 5.74) is 1.03. The number of ether oxygens (including phenoxy) is 1. The first kappa shape index (κ1) is 16.5. The van der Waals surface area contributed by atoms with Gasteiger partial charge in [-0.3, -0.25) is 10.1 Å². The molecule has 0 unspecified atom stereocenters. The average molecular weight is 333 g/mol. The van der Waals surface area contributed by atoms with Crippen molar-refractivity contribution in [3.05, 3.63) is 58.1 Å². The summed E-state index contributed by atoms with van der Waals surface area (Å²) in [6, 6.07) is 11.1. The monoisotopic (exact) mass is 333 g/mol. The molecule has 7 nitrogen and oxygen atoms in total. The highest BCUT2D eigenvalue weighted by Gasteiger charge is 2.10. The maximum absolute atomic E-state index is 10.8. The number of non-ortho nitro benzene ring substituents is 1. The fourth-order valence-electron chi connectivity index (χ4n) is 1.88. The topological polar surface area (TPSA) is 96.7 Å². The van der Waals surface area contributed by atoms with Crippen LogP contribution in [-0.4, -0.2) is 22.3 Å². The van der Waals surface area contributed by atoms with E-state index in [0.717, 1.165) is 5.69 Å². The Labute approximate surface area is 138 Å². The lowest BCUT2D eigenvalue weighted by molar-refractivity contribution is -0.384. The first-order valence-corrected chi connectivity index (χ1v) is 7.05. The summed E-state index contributed by atoms with van der Waals surface area (Å²) >= 11 is 5.16. The predicted octanol–water partition coefficient (Wildman–Crippen LogP) is 2.80. The van der Waals surface area contributed by atoms with Crippen LogP contribution in [0, 0.1) is 10.1 Å². The SMILES string of the molecule is COc1cccc(NC(=S)NCc2cc([N+](=O)[O-])ccc2O)c1. The molecule has 0 aromatic heterocycles. The van der Waals surface area contributed by atoms with Crippen LogP contribution in [0.25, 0.3) is 0 Å². The van der Waals surface area contributed by atoms with Gasteiger partial charge in [-0.1, -0.05) is 6.07 Å². The predicted molar refractivity (Wildman–Crippen MR) is 90.8 cm³/mol. The average Bonchev–Trinajstić information content (AvgIpc) is 2.54. The van der Waals surface area contributed by atoms with Gasteiger partial charge in [-0.15, -0.1) is 0 Å². The number of methoxy groups -OCH3 is 1. The molecule has 8 heteroatoms. The number of hydrogen-bond donors (Lipinski definition) is 3. The molecule has 0 atom stereocenters. The minimum absolute atomic E-state index is 0.0349. The molecule has 2 aromatic carbocycles. The zero-order valence-corrected chi connectivity index (χ0v) is 13.1. The van der Waals surface area contributed by atoms with Crippen molar-refractivity contribution in [2.75, 3.05) is 12.4 Å². The van der Waals surface area contributed by atoms with Crippen LogP contribution in [0.3, 0.4) is 0 Å². The Kier molecular flexibility index (Phi) is 5.32. The van der Waals surface area contributed by atoms with E-state index in [1.807, 2.05) is 18.2 Å². The van der Waals surface area contributed by atoms with Gasteiger partial charge in [0.2, 0.25) is 0 Å². The highest BCUT2D eigenvalue weighted by Crippen LogP contribution is 2.22. The van der Waals surface area contributed by atoms with Crippen LogP contribution >= 0.6 is 12.2 Å². The van der Waals surface area contributed by atoms with Crippen LogP contribution < -0.4 is 15.4 Å². The molecule has 0 aliphatic heterocycles. The van der Waals surface area contributed by atoms with Crippen LogP contribution in [0.1, 0.15) is 5.56 Å². The summed E-state index contributed by atoms with van der Waals surface area (Å²) in [6.45, 7) is 0.156. The third-order valence-corrected chi connectivity index (χ3v) is 3.29. The number of hydrogen-bond acceptors (Lipinski definition) is 5. The number of nitrogens with zero attached hydrogens (tertiary/aromatic N) is 1. The molecule has 23 heavy (non-hydrogen) atoms. The summed E-state index contributed by atoms with van der Waals surface area (Å²) < 4.78 is 5.12. The first-order valence-electron chi connectivity index (χ1n) is 6.65. The van der Waals surface area contributed by atoms with Crippen molar-refractivity contribution in [2.45, 2.75) is 6.54 Å². The van der Waals surface area contributed by atoms with E-state index in [2.05, 4.69) is 10.6 Å². The quantitative estimate of drug-likeness (QED) is 0.440. The molecule has 0 saturated carbocycles. The largest absolute Gasteiger partial charge is 0.508 e. The van der Waals surface area contributed by atoms with E-state index in [0.29, 0.717) is 16.4 Å². The lowest BCUT2D eigenvalue weighted by Crippen LogP contribution is -2.27. The van der Waals surface area contributed by atoms with E-state index < -0.39 is 4.92 Å². The number of nitro benzene ring substituents is 1. The number of nitrogens with one attached hydrogen (secondary N) is 2. The van der Waals surface area contributed by atoms with E-state index in [1.54, 1.807) is 13.2 Å². The molecule has 0 aliphatic carbocycles. The lowest BCUT2D eigenvalue weighted by Gasteiger charge is -2.12. The summed E-state index contributed by atoms with van der Waals surface area (Å²) in [4.78, 5) is 10.2. The second kappa shape index (κ2) is 7.41. The van der Waals surface area contributed by atoms with E-state index in [-0.39, 0.29) is 18.0 Å². The molecule has 0 amide bonds. The minimum Gasteiger partial charge on any atom is -0.508 e. The van der Waals surface area contributed by atoms with Crippen molar-refractivity contribution in [1.82, 2.24) is 5.32 Å². The van der Waals surface area contributed by atoms with Gasteiger partial charge in [0.25, 0.3) is 5.69 Å². The Bertz CT molecular complexity index is 736. The standard InChI is InChI=1S/C15H15N3O4S/c1-22-13-4-2-3-11(8-13)17-15(23)16-9-10-7-12(18(20)21)5-6-14(10)19/h2-8,19H,9H2,1H3,(H2,16,17,23). The number of aromatic hydroxyl groups is 1. The Balaban J connectivity index is 1.99. The number of phenols is 1. The first-order chi connectivity index (χ1) is 11.0. The lowest BCUT2D eigenvalue weighted by atomic mass is 10.2. The highest BCUT2D eigenvalue weighted by atomic mass is 32.1. The third kappa shape index (κ3) is 4.55. The normalized spacial score (nSPS) is 9.96. The highest BCUT2D eigenvalue weighted by molar-refractivity contribution is 7.80. The van der Waals surface area contributed by atoms with Crippen LogP contribution in [-0.2, 0) is 6.54 Å². The van der Waals surface area contributed by atoms with Gasteiger partial charge in [-0.25, -0.2) is 0 Å². The zero-order chi connectivity index (χ0) is 16.8. The number of anilines is 1. The second-order valence-electron chi connectivity index (χ2n) is 4.61. The minimum atomic E-state index is -0.518. The molecule has 2 rings (SSSR count). The molecule has 3 N–H and O–H groups in total. The van der Waals surface area contributed by atoms with Crippen LogP contribution in [0.5, 0.6) is 11.5 Å². The number of benzene rings is 2. The van der Waals surface area contributed by atoms with Gasteiger partial charge >= 0.3 is 0 Å². The maximum Gasteiger partial charge on any atom is 0.270 e. The van der Waals surface area contributed by atoms with Crippen molar-refractivity contribution in [3.63, 3.8) is 0 Å². The van der Waals surface area contributed by atoms with Crippen molar-refractivity contribution >= 4 is 28.7 Å². The maximum atomic E-state index is 10.8. The van der Waals surface area contributed by atoms with Gasteiger partial charge in [0, 0.05) is 36.0 Å². The number of nitro groups is 1. The fourth-order valence-corrected chi connectivity index (χ4v) is 2.07. The number of thiocarbonyl (C=S) groups is 1. The van der Waals surface area contributed by atoms with Crippen molar-refractivity contribution in [2.24, 2.45) is 0 Å². The van der Waals surface area contributed by atoms with Crippen LogP contribution in [0.15, 0.2) is 42.5 Å². The summed E-state index contributed by atoms with van der Waals surface area (Å²) in [5.74, 6) is 0.654. The number of rotatable bonds is 5. The van der Waals surface area contributed by atoms with Crippen molar-refractivity contribution in [1.29, 1.82) is 0 Å². The molecule has 0 fully saturated rings. The molecular formula is C15H15N3O4S. The Morgan fingerprint density at radius 2 is 2.13 bits per heavy atom. The Morgan fingerprint density at radius 1 is 1.35 bits per heavy atom. The Morgan fingerprint density at radius 3 is 2.83 bits per heavy atom. The van der Waals surface area contributed by atoms with E-state index in [9.17, 15) is 15.2 Å². The van der Waals surface area contributed by atoms with Gasteiger partial charge in [-0.2, -0.15) is 0 Å². The van der Waals surface area contributed by atoms with Crippen LogP contribution in [0.4, 0.5) is 11.4 Å². The van der Waals surface area contributed by atoms with Gasteiger partial charge < -0.3 is 20.5 Å². The van der Waals surface area contributed by atoms with Gasteiger partial charge in [0.15, 0.2) is 5.11 Å². The Hall–Kier alpha value is -2.87. The van der Waals surface area contributed by atoms with Crippen molar-refractivity contribution < 1.29 is 14.8 Å². The molecule has 0 bridgehead atoms. The molecular weight excluding hydrogens is 318 g/mol. The molecule has 120 valence electrons. The fraction of sp³-hybridized carbons (Fsp3) is 0.133. The third-order valence-electron chi connectivity index (χ3n) is 3.04. The van der Waals surface area contributed by atoms with E-state index in [1.165, 1.54) is 18.2 Å². The number of phenolic OH excluding ortho intramolecular Hbond substituents is 1. The smallest absolute Gasteiger partial charge is 0.270 e. The molecule has 0 spiro atoms. The van der Waals surface area contributed by atoms with Crippen molar-refractivity contribution in [3.8, 4) is 11.5 Å². The van der Waals surface area contributed by atoms with Gasteiger partial charge in [-0.05, 0) is 30.4 Å². The molecule has 0 radical (unpaired) electrons.